The molecule has 0 aliphatic carbocycles. The Kier molecular flexibility index (Phi) is 6.58. The summed E-state index contributed by atoms with van der Waals surface area (Å²) in [5, 5.41) is 0. The topological polar surface area (TPSA) is 26.0 Å². The molecular formula is C31H33N. The lowest BCUT2D eigenvalue weighted by atomic mass is 9.94. The predicted octanol–water partition coefficient (Wildman–Crippen LogP) is 7.15. The van der Waals surface area contributed by atoms with Gasteiger partial charge in [-0.3, -0.25) is 0 Å². The van der Waals surface area contributed by atoms with Gasteiger partial charge in [-0.25, -0.2) is 0 Å². The number of rotatable bonds is 6. The van der Waals surface area contributed by atoms with E-state index in [9.17, 15) is 0 Å². The van der Waals surface area contributed by atoms with Crippen LogP contribution in [-0.4, -0.2) is 0 Å². The molecule has 0 fully saturated rings. The van der Waals surface area contributed by atoms with Crippen LogP contribution in [0.15, 0.2) is 84.9 Å². The first-order valence-electron chi connectivity index (χ1n) is 11.4. The van der Waals surface area contributed by atoms with Crippen LogP contribution >= 0.6 is 0 Å². The van der Waals surface area contributed by atoms with Crippen molar-refractivity contribution in [3.63, 3.8) is 0 Å². The van der Waals surface area contributed by atoms with E-state index in [1.807, 2.05) is 0 Å². The lowest BCUT2D eigenvalue weighted by Crippen LogP contribution is -2.11. The third-order valence-corrected chi connectivity index (χ3v) is 6.64. The molecule has 0 aromatic heterocycles. The Hall–Kier alpha value is -3.16. The van der Waals surface area contributed by atoms with Gasteiger partial charge in [0.25, 0.3) is 0 Å². The average molecular weight is 420 g/mol. The van der Waals surface area contributed by atoms with Gasteiger partial charge in [-0.15, -0.1) is 0 Å². The van der Waals surface area contributed by atoms with Crippen molar-refractivity contribution in [3.8, 4) is 0 Å². The molecule has 0 saturated heterocycles. The molecule has 0 bridgehead atoms. The maximum atomic E-state index is 6.59. The molecule has 0 heterocycles. The molecule has 0 saturated carbocycles. The van der Waals surface area contributed by atoms with Gasteiger partial charge in [0.15, 0.2) is 0 Å². The maximum Gasteiger partial charge on any atom is 0.0551 e. The second-order valence-corrected chi connectivity index (χ2v) is 9.15. The fourth-order valence-electron chi connectivity index (χ4n) is 4.18. The smallest absolute Gasteiger partial charge is 0.0551 e. The highest BCUT2D eigenvalue weighted by Gasteiger charge is 2.10. The molecule has 4 rings (SSSR count). The second-order valence-electron chi connectivity index (χ2n) is 9.15. The molecule has 32 heavy (non-hydrogen) atoms. The minimum Gasteiger partial charge on any atom is -0.320 e. The van der Waals surface area contributed by atoms with Crippen LogP contribution in [0.3, 0.4) is 0 Å². The van der Waals surface area contributed by atoms with Gasteiger partial charge in [0.1, 0.15) is 0 Å². The molecule has 0 spiro atoms. The molecular weight excluding hydrogens is 386 g/mol. The van der Waals surface area contributed by atoms with Crippen molar-refractivity contribution < 1.29 is 0 Å². The summed E-state index contributed by atoms with van der Waals surface area (Å²) in [6, 6.07) is 30.8. The highest BCUT2D eigenvalue weighted by molar-refractivity contribution is 5.39. The van der Waals surface area contributed by atoms with E-state index in [2.05, 4.69) is 113 Å². The summed E-state index contributed by atoms with van der Waals surface area (Å²) in [4.78, 5) is 0. The molecule has 4 aromatic carbocycles. The molecule has 162 valence electrons. The highest BCUT2D eigenvalue weighted by atomic mass is 14.6. The Morgan fingerprint density at radius 3 is 1.16 bits per heavy atom. The number of hydrogen-bond donors (Lipinski definition) is 1. The van der Waals surface area contributed by atoms with Crippen molar-refractivity contribution in [2.75, 3.05) is 0 Å². The van der Waals surface area contributed by atoms with Gasteiger partial charge >= 0.3 is 0 Å². The first kappa shape index (κ1) is 22.0. The summed E-state index contributed by atoms with van der Waals surface area (Å²) in [5.41, 5.74) is 19.6. The lowest BCUT2D eigenvalue weighted by molar-refractivity contribution is 0.868. The monoisotopic (exact) mass is 419 g/mol. The van der Waals surface area contributed by atoms with Crippen molar-refractivity contribution in [1.29, 1.82) is 0 Å². The van der Waals surface area contributed by atoms with E-state index >= 15 is 0 Å². The molecule has 1 heteroatoms. The van der Waals surface area contributed by atoms with E-state index in [0.717, 1.165) is 24.0 Å². The van der Waals surface area contributed by atoms with Gasteiger partial charge in [0, 0.05) is 0 Å². The molecule has 4 aromatic rings. The standard InChI is InChI=1S/C31H33N/c1-21-5-7-27(17-23(21)3)19-25-9-13-29(14-10-25)31(32)30-15-11-26(12-16-30)20-28-8-6-22(2)24(4)18-28/h5-18,31H,19-20,32H2,1-4H3. The van der Waals surface area contributed by atoms with Gasteiger partial charge in [-0.05, 0) is 96.2 Å². The van der Waals surface area contributed by atoms with E-state index in [1.54, 1.807) is 0 Å². The Morgan fingerprint density at radius 2 is 0.812 bits per heavy atom. The molecule has 0 amide bonds. The Morgan fingerprint density at radius 1 is 0.469 bits per heavy atom. The zero-order valence-electron chi connectivity index (χ0n) is 19.7. The lowest BCUT2D eigenvalue weighted by Gasteiger charge is -2.14. The SMILES string of the molecule is Cc1ccc(Cc2ccc(C(N)c3ccc(Cc4ccc(C)c(C)c4)cc3)cc2)cc1C. The Labute approximate surface area is 192 Å². The average Bonchev–Trinajstić information content (AvgIpc) is 2.79. The number of hydrogen-bond acceptors (Lipinski definition) is 1. The summed E-state index contributed by atoms with van der Waals surface area (Å²) < 4.78 is 0. The minimum absolute atomic E-state index is 0.110. The molecule has 0 aliphatic heterocycles. The Bertz CT molecular complexity index is 1100. The minimum atomic E-state index is -0.110. The summed E-state index contributed by atoms with van der Waals surface area (Å²) in [6.45, 7) is 8.67. The summed E-state index contributed by atoms with van der Waals surface area (Å²) in [6.07, 6.45) is 1.90. The van der Waals surface area contributed by atoms with Crippen molar-refractivity contribution in [1.82, 2.24) is 0 Å². The van der Waals surface area contributed by atoms with E-state index in [1.165, 1.54) is 44.5 Å². The van der Waals surface area contributed by atoms with E-state index in [4.69, 9.17) is 5.73 Å². The van der Waals surface area contributed by atoms with Crippen molar-refractivity contribution in [2.24, 2.45) is 5.73 Å². The summed E-state index contributed by atoms with van der Waals surface area (Å²) in [5.74, 6) is 0. The summed E-state index contributed by atoms with van der Waals surface area (Å²) in [7, 11) is 0. The molecule has 1 nitrogen and oxygen atoms in total. The van der Waals surface area contributed by atoms with Crippen molar-refractivity contribution in [3.05, 3.63) is 141 Å². The number of nitrogens with two attached hydrogens (primary N) is 1. The van der Waals surface area contributed by atoms with Gasteiger partial charge in [-0.1, -0.05) is 84.9 Å². The van der Waals surface area contributed by atoms with Crippen LogP contribution in [0.25, 0.3) is 0 Å². The summed E-state index contributed by atoms with van der Waals surface area (Å²) >= 11 is 0. The van der Waals surface area contributed by atoms with Crippen LogP contribution in [0.4, 0.5) is 0 Å². The molecule has 0 radical (unpaired) electrons. The zero-order chi connectivity index (χ0) is 22.7. The maximum absolute atomic E-state index is 6.59. The van der Waals surface area contributed by atoms with Gasteiger partial charge in [0.2, 0.25) is 0 Å². The molecule has 0 unspecified atom stereocenters. The van der Waals surface area contributed by atoms with Crippen LogP contribution in [-0.2, 0) is 12.8 Å². The van der Waals surface area contributed by atoms with Crippen LogP contribution in [0.2, 0.25) is 0 Å². The first-order chi connectivity index (χ1) is 15.4. The van der Waals surface area contributed by atoms with E-state index in [-0.39, 0.29) is 6.04 Å². The van der Waals surface area contributed by atoms with E-state index < -0.39 is 0 Å². The second kappa shape index (κ2) is 9.54. The molecule has 2 N–H and O–H groups in total. The van der Waals surface area contributed by atoms with Crippen LogP contribution < -0.4 is 5.73 Å². The van der Waals surface area contributed by atoms with Crippen LogP contribution in [0.1, 0.15) is 61.7 Å². The third-order valence-electron chi connectivity index (χ3n) is 6.64. The number of aryl methyl sites for hydroxylation is 4. The fraction of sp³-hybridized carbons (Fsp3) is 0.226. The quantitative estimate of drug-likeness (QED) is 0.353. The van der Waals surface area contributed by atoms with Crippen LogP contribution in [0, 0.1) is 27.7 Å². The molecule has 0 atom stereocenters. The van der Waals surface area contributed by atoms with Gasteiger partial charge in [-0.2, -0.15) is 0 Å². The first-order valence-corrected chi connectivity index (χ1v) is 11.4. The highest BCUT2D eigenvalue weighted by Crippen LogP contribution is 2.23. The number of benzene rings is 4. The molecule has 0 aliphatic rings. The van der Waals surface area contributed by atoms with Crippen molar-refractivity contribution in [2.45, 2.75) is 46.6 Å². The normalized spacial score (nSPS) is 11.2. The van der Waals surface area contributed by atoms with Crippen LogP contribution in [0.5, 0.6) is 0 Å². The largest absolute Gasteiger partial charge is 0.320 e. The van der Waals surface area contributed by atoms with Gasteiger partial charge in [0.05, 0.1) is 6.04 Å². The van der Waals surface area contributed by atoms with E-state index in [0.29, 0.717) is 0 Å². The van der Waals surface area contributed by atoms with Crippen molar-refractivity contribution >= 4 is 0 Å². The third kappa shape index (κ3) is 5.18. The zero-order valence-corrected chi connectivity index (χ0v) is 19.7. The Balaban J connectivity index is 1.42. The fourth-order valence-corrected chi connectivity index (χ4v) is 4.18. The predicted molar refractivity (Wildman–Crippen MR) is 136 cm³/mol. The van der Waals surface area contributed by atoms with Gasteiger partial charge < -0.3 is 5.73 Å².